The number of halogens is 3. The second-order valence-electron chi connectivity index (χ2n) is 8.06. The van der Waals surface area contributed by atoms with Crippen LogP contribution in [0.5, 0.6) is 0 Å². The molecule has 0 radical (unpaired) electrons. The Labute approximate surface area is 193 Å². The largest absolute Gasteiger partial charge is 0.417 e. The Hall–Kier alpha value is -3.45. The minimum atomic E-state index is -4.76. The topological polar surface area (TPSA) is 76.4 Å². The number of carbonyl (C=O) groups is 2. The lowest BCUT2D eigenvalue weighted by Crippen LogP contribution is -2.55. The number of nitriles is 1. The van der Waals surface area contributed by atoms with E-state index in [1.165, 1.54) is 13.1 Å². The zero-order valence-electron chi connectivity index (χ0n) is 17.8. The molecule has 0 atom stereocenters. The Bertz CT molecular complexity index is 1230. The molecule has 6 nitrogen and oxygen atoms in total. The lowest BCUT2D eigenvalue weighted by atomic mass is 9.75. The van der Waals surface area contributed by atoms with E-state index in [9.17, 15) is 22.8 Å². The number of rotatable bonds is 3. The van der Waals surface area contributed by atoms with E-state index >= 15 is 0 Å². The summed E-state index contributed by atoms with van der Waals surface area (Å²) in [5.41, 5.74) is -0.935. The predicted molar refractivity (Wildman–Crippen MR) is 120 cm³/mol. The molecule has 1 aliphatic carbocycles. The molecule has 2 aromatic rings. The molecule has 1 heterocycles. The molecule has 2 aliphatic rings. The molecule has 1 spiro atoms. The lowest BCUT2D eigenvalue weighted by molar-refractivity contribution is -0.137. The fourth-order valence-electron chi connectivity index (χ4n) is 4.39. The molecule has 2 aromatic carbocycles. The zero-order chi connectivity index (χ0) is 24.1. The highest BCUT2D eigenvalue weighted by Gasteiger charge is 2.59. The molecule has 1 saturated heterocycles. The molecule has 0 unspecified atom stereocenters. The summed E-state index contributed by atoms with van der Waals surface area (Å²) >= 11 is 5.61. The summed E-state index contributed by atoms with van der Waals surface area (Å²) in [6.07, 6.45) is -2.98. The lowest BCUT2D eigenvalue weighted by Gasteiger charge is -2.43. The molecule has 0 bridgehead atoms. The molecular weight excluding hydrogens is 453 g/mol. The van der Waals surface area contributed by atoms with E-state index in [0.717, 1.165) is 23.5 Å². The van der Waals surface area contributed by atoms with Crippen molar-refractivity contribution >= 4 is 40.5 Å². The van der Waals surface area contributed by atoms with Gasteiger partial charge in [0.05, 0.1) is 22.9 Å². The first-order valence-corrected chi connectivity index (χ1v) is 10.6. The predicted octanol–water partition coefficient (Wildman–Crippen LogP) is 4.31. The van der Waals surface area contributed by atoms with Crippen molar-refractivity contribution in [3.8, 4) is 6.07 Å². The van der Waals surface area contributed by atoms with Gasteiger partial charge in [-0.25, -0.2) is 0 Å². The first kappa shape index (κ1) is 22.7. The van der Waals surface area contributed by atoms with Crippen molar-refractivity contribution < 1.29 is 22.8 Å². The quantitative estimate of drug-likeness (QED) is 0.674. The minimum Gasteiger partial charge on any atom is -0.355 e. The molecule has 0 aromatic heterocycles. The standard InChI is InChI=1S/C23H19F3N4O2S/c1-13-10-16(6-7-17(13)19(31)28-2)30-21(33)29(20(32)22(30)8-3-9-22)15-5-4-14(12-27)18(11-15)23(24,25)26/h4-7,10-11H,3,8-9H2,1-2H3,(H,28,31). The highest BCUT2D eigenvalue weighted by molar-refractivity contribution is 7.81. The summed E-state index contributed by atoms with van der Waals surface area (Å²) in [5.74, 6) is -0.652. The molecule has 1 saturated carbocycles. The second kappa shape index (κ2) is 7.85. The van der Waals surface area contributed by atoms with Gasteiger partial charge in [0, 0.05) is 18.3 Å². The van der Waals surface area contributed by atoms with Gasteiger partial charge >= 0.3 is 6.18 Å². The van der Waals surface area contributed by atoms with Gasteiger partial charge in [-0.3, -0.25) is 14.5 Å². The van der Waals surface area contributed by atoms with E-state index in [2.05, 4.69) is 5.32 Å². The Morgan fingerprint density at radius 2 is 1.85 bits per heavy atom. The number of carbonyl (C=O) groups excluding carboxylic acids is 2. The van der Waals surface area contributed by atoms with Gasteiger partial charge in [-0.15, -0.1) is 0 Å². The average Bonchev–Trinajstić information content (AvgIpc) is 2.98. The van der Waals surface area contributed by atoms with Crippen LogP contribution in [0.4, 0.5) is 24.5 Å². The molecule has 1 N–H and O–H groups in total. The normalized spacial score (nSPS) is 17.2. The third-order valence-electron chi connectivity index (χ3n) is 6.22. The Kier molecular flexibility index (Phi) is 5.41. The fraction of sp³-hybridized carbons (Fsp3) is 0.304. The van der Waals surface area contributed by atoms with Crippen molar-refractivity contribution in [3.63, 3.8) is 0 Å². The Morgan fingerprint density at radius 3 is 2.36 bits per heavy atom. The fourth-order valence-corrected chi connectivity index (χ4v) is 4.86. The number of alkyl halides is 3. The number of thiocarbonyl (C=S) groups is 1. The number of nitrogens with zero attached hydrogens (tertiary/aromatic N) is 3. The van der Waals surface area contributed by atoms with Crippen LogP contribution in [-0.2, 0) is 11.0 Å². The van der Waals surface area contributed by atoms with E-state index in [4.69, 9.17) is 17.5 Å². The third-order valence-corrected chi connectivity index (χ3v) is 6.58. The molecular formula is C23H19F3N4O2S. The van der Waals surface area contributed by atoms with Gasteiger partial charge < -0.3 is 10.2 Å². The number of hydrogen-bond donors (Lipinski definition) is 1. The molecule has 4 rings (SSSR count). The monoisotopic (exact) mass is 472 g/mol. The van der Waals surface area contributed by atoms with Crippen molar-refractivity contribution in [1.29, 1.82) is 5.26 Å². The molecule has 170 valence electrons. The number of aryl methyl sites for hydroxylation is 1. The van der Waals surface area contributed by atoms with Crippen LogP contribution in [0.2, 0.25) is 0 Å². The number of anilines is 2. The number of amides is 2. The van der Waals surface area contributed by atoms with Gasteiger partial charge in [0.1, 0.15) is 5.54 Å². The summed E-state index contributed by atoms with van der Waals surface area (Å²) < 4.78 is 40.5. The van der Waals surface area contributed by atoms with E-state index in [1.807, 2.05) is 0 Å². The van der Waals surface area contributed by atoms with Gasteiger partial charge in [-0.1, -0.05) is 0 Å². The third kappa shape index (κ3) is 3.43. The van der Waals surface area contributed by atoms with Crippen LogP contribution in [0, 0.1) is 18.3 Å². The second-order valence-corrected chi connectivity index (χ2v) is 8.43. The van der Waals surface area contributed by atoms with Gasteiger partial charge in [-0.2, -0.15) is 18.4 Å². The smallest absolute Gasteiger partial charge is 0.355 e. The van der Waals surface area contributed by atoms with Crippen molar-refractivity contribution in [2.24, 2.45) is 0 Å². The van der Waals surface area contributed by atoms with Crippen molar-refractivity contribution in [1.82, 2.24) is 5.32 Å². The van der Waals surface area contributed by atoms with Crippen molar-refractivity contribution in [2.45, 2.75) is 37.9 Å². The van der Waals surface area contributed by atoms with Crippen LogP contribution in [0.25, 0.3) is 0 Å². The van der Waals surface area contributed by atoms with Crippen LogP contribution in [0.15, 0.2) is 36.4 Å². The molecule has 2 amide bonds. The first-order valence-electron chi connectivity index (χ1n) is 10.2. The Balaban J connectivity index is 1.80. The van der Waals surface area contributed by atoms with E-state index < -0.39 is 28.7 Å². The van der Waals surface area contributed by atoms with E-state index in [1.54, 1.807) is 36.1 Å². The highest BCUT2D eigenvalue weighted by Crippen LogP contribution is 2.48. The van der Waals surface area contributed by atoms with Gasteiger partial charge in [0.15, 0.2) is 5.11 Å². The Morgan fingerprint density at radius 1 is 1.18 bits per heavy atom. The van der Waals surface area contributed by atoms with Gasteiger partial charge in [0.2, 0.25) is 0 Å². The van der Waals surface area contributed by atoms with Crippen LogP contribution >= 0.6 is 12.2 Å². The summed E-state index contributed by atoms with van der Waals surface area (Å²) in [6.45, 7) is 1.76. The highest BCUT2D eigenvalue weighted by atomic mass is 32.1. The van der Waals surface area contributed by atoms with Crippen molar-refractivity contribution in [3.05, 3.63) is 58.7 Å². The zero-order valence-corrected chi connectivity index (χ0v) is 18.6. The van der Waals surface area contributed by atoms with Crippen LogP contribution < -0.4 is 15.1 Å². The summed E-state index contributed by atoms with van der Waals surface area (Å²) in [4.78, 5) is 28.4. The molecule has 2 fully saturated rings. The van der Waals surface area contributed by atoms with Crippen molar-refractivity contribution in [2.75, 3.05) is 16.8 Å². The number of nitrogens with one attached hydrogen (secondary N) is 1. The number of hydrogen-bond acceptors (Lipinski definition) is 4. The minimum absolute atomic E-state index is 0.0381. The number of benzene rings is 2. The van der Waals surface area contributed by atoms with Gasteiger partial charge in [-0.05, 0) is 80.4 Å². The maximum Gasteiger partial charge on any atom is 0.417 e. The van der Waals surface area contributed by atoms with Crippen LogP contribution in [-0.4, -0.2) is 29.5 Å². The maximum absolute atomic E-state index is 13.5. The molecule has 10 heteroatoms. The first-order chi connectivity index (χ1) is 15.5. The van der Waals surface area contributed by atoms with E-state index in [-0.39, 0.29) is 16.7 Å². The summed E-state index contributed by atoms with van der Waals surface area (Å²) in [6, 6.07) is 9.74. The van der Waals surface area contributed by atoms with E-state index in [0.29, 0.717) is 29.7 Å². The van der Waals surface area contributed by atoms with Crippen LogP contribution in [0.3, 0.4) is 0 Å². The van der Waals surface area contributed by atoms with Gasteiger partial charge in [0.25, 0.3) is 11.8 Å². The van der Waals surface area contributed by atoms with Crippen LogP contribution in [0.1, 0.15) is 46.3 Å². The molecule has 1 aliphatic heterocycles. The summed E-state index contributed by atoms with van der Waals surface area (Å²) in [7, 11) is 1.53. The summed E-state index contributed by atoms with van der Waals surface area (Å²) in [5, 5.41) is 11.7. The SMILES string of the molecule is CNC(=O)c1ccc(N2C(=S)N(c3ccc(C#N)c(C(F)(F)F)c3)C(=O)C23CCC3)cc1C. The average molecular weight is 472 g/mol. The maximum atomic E-state index is 13.5. The molecule has 33 heavy (non-hydrogen) atoms.